The van der Waals surface area contributed by atoms with Gasteiger partial charge in [-0.05, 0) is 41.5 Å². The van der Waals surface area contributed by atoms with Crippen LogP contribution >= 0.6 is 11.6 Å². The zero-order chi connectivity index (χ0) is 16.3. The minimum absolute atomic E-state index is 0.0628. The Morgan fingerprint density at radius 1 is 1.18 bits per heavy atom. The van der Waals surface area contributed by atoms with Gasteiger partial charge in [0.05, 0.1) is 22.2 Å². The van der Waals surface area contributed by atoms with E-state index in [1.807, 2.05) is 6.07 Å². The third-order valence-corrected chi connectivity index (χ3v) is 3.21. The van der Waals surface area contributed by atoms with E-state index in [2.05, 4.69) is 0 Å². The minimum atomic E-state index is -4.47. The van der Waals surface area contributed by atoms with Crippen LogP contribution in [0.25, 0.3) is 11.6 Å². The van der Waals surface area contributed by atoms with E-state index in [1.165, 1.54) is 36.4 Å². The van der Waals surface area contributed by atoms with Gasteiger partial charge < -0.3 is 5.11 Å². The van der Waals surface area contributed by atoms with Crippen LogP contribution < -0.4 is 0 Å². The van der Waals surface area contributed by atoms with Crippen LogP contribution in [0.3, 0.4) is 0 Å². The summed E-state index contributed by atoms with van der Waals surface area (Å²) in [6.07, 6.45) is -3.07. The SMILES string of the molecule is N#C/C(=C/c1ccc(O)c(Cl)c1)c1cccc(C(F)(F)F)c1. The maximum atomic E-state index is 12.7. The maximum Gasteiger partial charge on any atom is 0.416 e. The highest BCUT2D eigenvalue weighted by Crippen LogP contribution is 2.31. The van der Waals surface area contributed by atoms with Crippen molar-refractivity contribution in [3.05, 3.63) is 64.2 Å². The van der Waals surface area contributed by atoms with Gasteiger partial charge in [-0.1, -0.05) is 29.8 Å². The number of hydrogen-bond acceptors (Lipinski definition) is 2. The zero-order valence-electron chi connectivity index (χ0n) is 11.0. The van der Waals surface area contributed by atoms with Gasteiger partial charge in [0.2, 0.25) is 0 Å². The standard InChI is InChI=1S/C16H9ClF3NO/c17-14-7-10(4-5-15(14)22)6-12(9-21)11-2-1-3-13(8-11)16(18,19)20/h1-8,22H/b12-6-. The molecule has 2 aromatic rings. The number of nitriles is 1. The summed E-state index contributed by atoms with van der Waals surface area (Å²) < 4.78 is 38.1. The van der Waals surface area contributed by atoms with Gasteiger partial charge in [-0.25, -0.2) is 0 Å². The number of nitrogens with zero attached hydrogens (tertiary/aromatic N) is 1. The summed E-state index contributed by atoms with van der Waals surface area (Å²) in [5, 5.41) is 18.6. The average Bonchev–Trinajstić information content (AvgIpc) is 2.47. The number of alkyl halides is 3. The number of hydrogen-bond donors (Lipinski definition) is 1. The van der Waals surface area contributed by atoms with Gasteiger partial charge in [-0.3, -0.25) is 0 Å². The average molecular weight is 324 g/mol. The van der Waals surface area contributed by atoms with Crippen molar-refractivity contribution >= 4 is 23.3 Å². The molecule has 0 saturated carbocycles. The molecule has 0 unspecified atom stereocenters. The van der Waals surface area contributed by atoms with E-state index >= 15 is 0 Å². The van der Waals surface area contributed by atoms with Crippen molar-refractivity contribution in [3.63, 3.8) is 0 Å². The highest BCUT2D eigenvalue weighted by molar-refractivity contribution is 6.32. The first-order valence-corrected chi connectivity index (χ1v) is 6.47. The summed E-state index contributed by atoms with van der Waals surface area (Å²) in [4.78, 5) is 0. The predicted octanol–water partition coefficient (Wildman–Crippen LogP) is 5.13. The molecule has 0 heterocycles. The Morgan fingerprint density at radius 2 is 1.91 bits per heavy atom. The lowest BCUT2D eigenvalue weighted by atomic mass is 10.0. The fourth-order valence-corrected chi connectivity index (χ4v) is 2.01. The second-order valence-electron chi connectivity index (χ2n) is 4.46. The van der Waals surface area contributed by atoms with Gasteiger partial charge in [0, 0.05) is 0 Å². The third kappa shape index (κ3) is 3.60. The van der Waals surface area contributed by atoms with Crippen LogP contribution in [0.4, 0.5) is 13.2 Å². The highest BCUT2D eigenvalue weighted by atomic mass is 35.5. The van der Waals surface area contributed by atoms with Crippen molar-refractivity contribution in [2.24, 2.45) is 0 Å². The molecule has 22 heavy (non-hydrogen) atoms. The first-order chi connectivity index (χ1) is 10.3. The third-order valence-electron chi connectivity index (χ3n) is 2.90. The van der Waals surface area contributed by atoms with Gasteiger partial charge >= 0.3 is 6.18 Å². The molecule has 0 aliphatic carbocycles. The number of benzene rings is 2. The first kappa shape index (κ1) is 15.9. The molecule has 6 heteroatoms. The first-order valence-electron chi connectivity index (χ1n) is 6.09. The van der Waals surface area contributed by atoms with Crippen LogP contribution in [0.2, 0.25) is 5.02 Å². The number of rotatable bonds is 2. The fourth-order valence-electron chi connectivity index (χ4n) is 1.82. The Labute approximate surface area is 129 Å². The molecule has 0 spiro atoms. The smallest absolute Gasteiger partial charge is 0.416 e. The molecule has 0 atom stereocenters. The lowest BCUT2D eigenvalue weighted by Crippen LogP contribution is -2.04. The summed E-state index contributed by atoms with van der Waals surface area (Å²) in [5.74, 6) is -0.114. The Kier molecular flexibility index (Phi) is 4.43. The molecule has 0 amide bonds. The van der Waals surface area contributed by atoms with E-state index in [4.69, 9.17) is 11.6 Å². The topological polar surface area (TPSA) is 44.0 Å². The summed E-state index contributed by atoms with van der Waals surface area (Å²) in [6.45, 7) is 0. The Hall–Kier alpha value is -2.45. The largest absolute Gasteiger partial charge is 0.506 e. The van der Waals surface area contributed by atoms with Gasteiger partial charge in [0.15, 0.2) is 0 Å². The minimum Gasteiger partial charge on any atom is -0.506 e. The van der Waals surface area contributed by atoms with Gasteiger partial charge in [0.1, 0.15) is 5.75 Å². The number of phenols is 1. The molecule has 2 aromatic carbocycles. The van der Waals surface area contributed by atoms with Crippen LogP contribution in [-0.4, -0.2) is 5.11 Å². The van der Waals surface area contributed by atoms with Crippen LogP contribution in [0.5, 0.6) is 5.75 Å². The predicted molar refractivity (Wildman–Crippen MR) is 78.0 cm³/mol. The van der Waals surface area contributed by atoms with Gasteiger partial charge in [-0.15, -0.1) is 0 Å². The molecule has 0 saturated heterocycles. The number of aromatic hydroxyl groups is 1. The molecule has 2 nitrogen and oxygen atoms in total. The summed E-state index contributed by atoms with van der Waals surface area (Å²) in [5.41, 5.74) is -0.110. The molecule has 0 fully saturated rings. The zero-order valence-corrected chi connectivity index (χ0v) is 11.8. The van der Waals surface area contributed by atoms with Crippen LogP contribution in [0.1, 0.15) is 16.7 Å². The second kappa shape index (κ2) is 6.12. The molecule has 0 aliphatic rings. The van der Waals surface area contributed by atoms with Crippen molar-refractivity contribution in [3.8, 4) is 11.8 Å². The second-order valence-corrected chi connectivity index (χ2v) is 4.87. The lowest BCUT2D eigenvalue weighted by molar-refractivity contribution is -0.137. The van der Waals surface area contributed by atoms with E-state index in [-0.39, 0.29) is 21.9 Å². The molecule has 0 radical (unpaired) electrons. The fraction of sp³-hybridized carbons (Fsp3) is 0.0625. The Morgan fingerprint density at radius 3 is 2.50 bits per heavy atom. The summed E-state index contributed by atoms with van der Waals surface area (Å²) in [6, 6.07) is 10.7. The molecule has 1 N–H and O–H groups in total. The van der Waals surface area contributed by atoms with Crippen LogP contribution in [0.15, 0.2) is 42.5 Å². The van der Waals surface area contributed by atoms with Crippen LogP contribution in [0, 0.1) is 11.3 Å². The van der Waals surface area contributed by atoms with E-state index < -0.39 is 11.7 Å². The number of halogens is 4. The van der Waals surface area contributed by atoms with E-state index in [1.54, 1.807) is 0 Å². The molecule has 112 valence electrons. The maximum absolute atomic E-state index is 12.7. The molecular weight excluding hydrogens is 315 g/mol. The molecule has 0 aromatic heterocycles. The number of allylic oxidation sites excluding steroid dienone is 1. The van der Waals surface area contributed by atoms with Crippen molar-refractivity contribution < 1.29 is 18.3 Å². The van der Waals surface area contributed by atoms with E-state index in [0.717, 1.165) is 12.1 Å². The lowest BCUT2D eigenvalue weighted by Gasteiger charge is -2.08. The molecule has 0 bridgehead atoms. The Bertz CT molecular complexity index is 776. The highest BCUT2D eigenvalue weighted by Gasteiger charge is 2.30. The number of phenolic OH excluding ortho intramolecular Hbond substituents is 1. The van der Waals surface area contributed by atoms with Crippen molar-refractivity contribution in [2.45, 2.75) is 6.18 Å². The van der Waals surface area contributed by atoms with E-state index in [0.29, 0.717) is 5.56 Å². The van der Waals surface area contributed by atoms with Crippen molar-refractivity contribution in [2.75, 3.05) is 0 Å². The van der Waals surface area contributed by atoms with Crippen molar-refractivity contribution in [1.29, 1.82) is 5.26 Å². The van der Waals surface area contributed by atoms with Gasteiger partial charge in [-0.2, -0.15) is 18.4 Å². The monoisotopic (exact) mass is 323 g/mol. The normalized spacial score (nSPS) is 12.0. The summed E-state index contributed by atoms with van der Waals surface area (Å²) >= 11 is 5.76. The molecule has 2 rings (SSSR count). The van der Waals surface area contributed by atoms with Crippen LogP contribution in [-0.2, 0) is 6.18 Å². The van der Waals surface area contributed by atoms with Gasteiger partial charge in [0.25, 0.3) is 0 Å². The quantitative estimate of drug-likeness (QED) is 0.615. The molecule has 0 aliphatic heterocycles. The Balaban J connectivity index is 2.46. The van der Waals surface area contributed by atoms with Crippen molar-refractivity contribution in [1.82, 2.24) is 0 Å². The molecular formula is C16H9ClF3NO. The van der Waals surface area contributed by atoms with E-state index in [9.17, 15) is 23.5 Å². The summed E-state index contributed by atoms with van der Waals surface area (Å²) in [7, 11) is 0.